The van der Waals surface area contributed by atoms with Crippen LogP contribution in [0.1, 0.15) is 27.0 Å². The standard InChI is InChI=1S/C14H18ClNO/c1-10-8-11(2)13(12(3)9-10)14(17)16-7-5-4-6-15/h4-5,8-9H,6-7H2,1-3H3,(H,16,17)/b5-4+. The van der Waals surface area contributed by atoms with Crippen molar-refractivity contribution in [3.05, 3.63) is 46.5 Å². The SMILES string of the molecule is Cc1cc(C)c(C(=O)NC/C=C/CCl)c(C)c1. The van der Waals surface area contributed by atoms with Gasteiger partial charge in [0.25, 0.3) is 5.91 Å². The molecule has 0 saturated heterocycles. The van der Waals surface area contributed by atoms with Gasteiger partial charge in [0, 0.05) is 18.0 Å². The number of aryl methyl sites for hydroxylation is 3. The van der Waals surface area contributed by atoms with Gasteiger partial charge in [-0.3, -0.25) is 4.79 Å². The van der Waals surface area contributed by atoms with Gasteiger partial charge in [0.15, 0.2) is 0 Å². The molecule has 1 aromatic rings. The lowest BCUT2D eigenvalue weighted by atomic mass is 9.99. The van der Waals surface area contributed by atoms with Crippen LogP contribution in [0.25, 0.3) is 0 Å². The van der Waals surface area contributed by atoms with Crippen LogP contribution in [0.3, 0.4) is 0 Å². The van der Waals surface area contributed by atoms with E-state index in [1.54, 1.807) is 0 Å². The fourth-order valence-corrected chi connectivity index (χ4v) is 2.05. The van der Waals surface area contributed by atoms with E-state index in [-0.39, 0.29) is 5.91 Å². The van der Waals surface area contributed by atoms with Gasteiger partial charge in [0.1, 0.15) is 0 Å². The van der Waals surface area contributed by atoms with E-state index in [1.807, 2.05) is 45.1 Å². The van der Waals surface area contributed by atoms with E-state index in [0.29, 0.717) is 12.4 Å². The molecule has 1 N–H and O–H groups in total. The summed E-state index contributed by atoms with van der Waals surface area (Å²) in [6.45, 7) is 6.47. The van der Waals surface area contributed by atoms with Crippen LogP contribution in [0.2, 0.25) is 0 Å². The maximum absolute atomic E-state index is 12.0. The van der Waals surface area contributed by atoms with Gasteiger partial charge >= 0.3 is 0 Å². The number of hydrogen-bond acceptors (Lipinski definition) is 1. The number of benzene rings is 1. The van der Waals surface area contributed by atoms with Crippen LogP contribution in [0.5, 0.6) is 0 Å². The summed E-state index contributed by atoms with van der Waals surface area (Å²) in [5, 5.41) is 2.85. The predicted molar refractivity (Wildman–Crippen MR) is 72.8 cm³/mol. The number of carbonyl (C=O) groups is 1. The average molecular weight is 252 g/mol. The van der Waals surface area contributed by atoms with Gasteiger partial charge in [-0.1, -0.05) is 29.8 Å². The zero-order valence-electron chi connectivity index (χ0n) is 10.5. The first-order chi connectivity index (χ1) is 8.06. The van der Waals surface area contributed by atoms with Crippen molar-refractivity contribution in [2.45, 2.75) is 20.8 Å². The molecule has 17 heavy (non-hydrogen) atoms. The molecule has 1 amide bonds. The lowest BCUT2D eigenvalue weighted by Gasteiger charge is -2.10. The Hall–Kier alpha value is -1.28. The monoisotopic (exact) mass is 251 g/mol. The summed E-state index contributed by atoms with van der Waals surface area (Å²) in [4.78, 5) is 12.0. The predicted octanol–water partition coefficient (Wildman–Crippen LogP) is 3.14. The second kappa shape index (κ2) is 6.45. The molecule has 1 rings (SSSR count). The first kappa shape index (κ1) is 13.8. The Labute approximate surface area is 108 Å². The zero-order valence-corrected chi connectivity index (χ0v) is 11.3. The van der Waals surface area contributed by atoms with Crippen LogP contribution >= 0.6 is 11.6 Å². The third-order valence-electron chi connectivity index (χ3n) is 2.54. The number of rotatable bonds is 4. The quantitative estimate of drug-likeness (QED) is 0.647. The number of nitrogens with one attached hydrogen (secondary N) is 1. The van der Waals surface area contributed by atoms with Crippen LogP contribution in [0, 0.1) is 20.8 Å². The lowest BCUT2D eigenvalue weighted by molar-refractivity contribution is 0.0957. The van der Waals surface area contributed by atoms with Gasteiger partial charge in [-0.25, -0.2) is 0 Å². The summed E-state index contributed by atoms with van der Waals surface area (Å²) in [5.74, 6) is 0.442. The summed E-state index contributed by atoms with van der Waals surface area (Å²) in [6.07, 6.45) is 3.67. The first-order valence-corrected chi connectivity index (χ1v) is 6.16. The maximum Gasteiger partial charge on any atom is 0.252 e. The minimum Gasteiger partial charge on any atom is -0.349 e. The molecule has 0 atom stereocenters. The van der Waals surface area contributed by atoms with E-state index in [1.165, 1.54) is 5.56 Å². The summed E-state index contributed by atoms with van der Waals surface area (Å²) >= 11 is 5.50. The summed E-state index contributed by atoms with van der Waals surface area (Å²) in [7, 11) is 0. The summed E-state index contributed by atoms with van der Waals surface area (Å²) < 4.78 is 0. The first-order valence-electron chi connectivity index (χ1n) is 5.63. The van der Waals surface area contributed by atoms with E-state index in [4.69, 9.17) is 11.6 Å². The van der Waals surface area contributed by atoms with Crippen molar-refractivity contribution >= 4 is 17.5 Å². The molecule has 0 radical (unpaired) electrons. The van der Waals surface area contributed by atoms with Crippen molar-refractivity contribution < 1.29 is 4.79 Å². The second-order valence-electron chi connectivity index (χ2n) is 4.11. The molecule has 0 aliphatic rings. The van der Waals surface area contributed by atoms with Crippen molar-refractivity contribution in [1.29, 1.82) is 0 Å². The Morgan fingerprint density at radius 3 is 2.35 bits per heavy atom. The van der Waals surface area contributed by atoms with E-state index >= 15 is 0 Å². The number of hydrogen-bond donors (Lipinski definition) is 1. The van der Waals surface area contributed by atoms with Crippen molar-refractivity contribution in [3.8, 4) is 0 Å². The van der Waals surface area contributed by atoms with Gasteiger partial charge in [-0.05, 0) is 31.9 Å². The number of halogens is 1. The van der Waals surface area contributed by atoms with Gasteiger partial charge in [0.2, 0.25) is 0 Å². The number of allylic oxidation sites excluding steroid dienone is 1. The molecule has 0 fully saturated rings. The molecule has 0 aliphatic heterocycles. The van der Waals surface area contributed by atoms with Crippen LogP contribution in [0.4, 0.5) is 0 Å². The molecular weight excluding hydrogens is 234 g/mol. The molecule has 0 aromatic heterocycles. The van der Waals surface area contributed by atoms with Gasteiger partial charge < -0.3 is 5.32 Å². The van der Waals surface area contributed by atoms with Crippen molar-refractivity contribution in [1.82, 2.24) is 5.32 Å². The molecule has 0 saturated carbocycles. The highest BCUT2D eigenvalue weighted by atomic mass is 35.5. The van der Waals surface area contributed by atoms with Crippen LogP contribution in [-0.4, -0.2) is 18.3 Å². The molecule has 0 unspecified atom stereocenters. The van der Waals surface area contributed by atoms with Crippen molar-refractivity contribution in [3.63, 3.8) is 0 Å². The van der Waals surface area contributed by atoms with E-state index in [2.05, 4.69) is 5.32 Å². The fraction of sp³-hybridized carbons (Fsp3) is 0.357. The number of alkyl halides is 1. The van der Waals surface area contributed by atoms with Crippen LogP contribution in [-0.2, 0) is 0 Å². The third-order valence-corrected chi connectivity index (χ3v) is 2.72. The highest BCUT2D eigenvalue weighted by Gasteiger charge is 2.11. The molecular formula is C14H18ClNO. The number of carbonyl (C=O) groups excluding carboxylic acids is 1. The highest BCUT2D eigenvalue weighted by Crippen LogP contribution is 2.15. The Balaban J connectivity index is 2.79. The molecule has 92 valence electrons. The van der Waals surface area contributed by atoms with Crippen LogP contribution < -0.4 is 5.32 Å². The largest absolute Gasteiger partial charge is 0.349 e. The average Bonchev–Trinajstić information content (AvgIpc) is 2.23. The van der Waals surface area contributed by atoms with Crippen LogP contribution in [0.15, 0.2) is 24.3 Å². The normalized spacial score (nSPS) is 10.8. The Kier molecular flexibility index (Phi) is 5.23. The molecule has 0 spiro atoms. The summed E-state index contributed by atoms with van der Waals surface area (Å²) in [6, 6.07) is 4.05. The van der Waals surface area contributed by atoms with Gasteiger partial charge in [-0.15, -0.1) is 11.6 Å². The third kappa shape index (κ3) is 3.90. The molecule has 1 aromatic carbocycles. The highest BCUT2D eigenvalue weighted by molar-refractivity contribution is 6.18. The second-order valence-corrected chi connectivity index (χ2v) is 4.42. The fourth-order valence-electron chi connectivity index (χ4n) is 1.92. The summed E-state index contributed by atoms with van der Waals surface area (Å²) in [5.41, 5.74) is 3.98. The molecule has 0 aliphatic carbocycles. The number of amides is 1. The lowest BCUT2D eigenvalue weighted by Crippen LogP contribution is -2.25. The molecule has 2 nitrogen and oxygen atoms in total. The topological polar surface area (TPSA) is 29.1 Å². The van der Waals surface area contributed by atoms with Gasteiger partial charge in [0.05, 0.1) is 0 Å². The van der Waals surface area contributed by atoms with E-state index in [9.17, 15) is 4.79 Å². The van der Waals surface area contributed by atoms with Gasteiger partial charge in [-0.2, -0.15) is 0 Å². The van der Waals surface area contributed by atoms with Crippen molar-refractivity contribution in [2.24, 2.45) is 0 Å². The van der Waals surface area contributed by atoms with E-state index in [0.717, 1.165) is 16.7 Å². The molecule has 0 bridgehead atoms. The van der Waals surface area contributed by atoms with E-state index < -0.39 is 0 Å². The Morgan fingerprint density at radius 2 is 1.82 bits per heavy atom. The maximum atomic E-state index is 12.0. The minimum absolute atomic E-state index is 0.0285. The Bertz CT molecular complexity index is 415. The zero-order chi connectivity index (χ0) is 12.8. The Morgan fingerprint density at radius 1 is 1.24 bits per heavy atom. The van der Waals surface area contributed by atoms with Crippen molar-refractivity contribution in [2.75, 3.05) is 12.4 Å². The smallest absolute Gasteiger partial charge is 0.252 e. The minimum atomic E-state index is -0.0285. The molecule has 0 heterocycles. The molecule has 3 heteroatoms.